The van der Waals surface area contributed by atoms with Gasteiger partial charge in [-0.25, -0.2) is 9.07 Å². The number of anilines is 1. The first-order chi connectivity index (χ1) is 12.1. The van der Waals surface area contributed by atoms with E-state index in [1.165, 1.54) is 4.68 Å². The zero-order valence-corrected chi connectivity index (χ0v) is 14.6. The number of rotatable bonds is 6. The van der Waals surface area contributed by atoms with Crippen LogP contribution in [0.25, 0.3) is 0 Å². The molecule has 0 aliphatic carbocycles. The molecule has 0 fully saturated rings. The molecule has 0 saturated carbocycles. The van der Waals surface area contributed by atoms with Crippen LogP contribution in [0.4, 0.5) is 23.5 Å². The average Bonchev–Trinajstić information content (AvgIpc) is 2.96. The smallest absolute Gasteiger partial charge is 0.392 e. The number of alkyl halides is 3. The molecule has 1 amide bonds. The number of nitrogens with one attached hydrogen (secondary N) is 1. The lowest BCUT2D eigenvalue weighted by Crippen LogP contribution is -2.19. The third kappa shape index (κ3) is 4.73. The van der Waals surface area contributed by atoms with Crippen LogP contribution in [-0.2, 0) is 6.54 Å². The molecule has 1 aromatic carbocycles. The molecule has 13 heteroatoms. The van der Waals surface area contributed by atoms with Gasteiger partial charge >= 0.3 is 6.18 Å². The van der Waals surface area contributed by atoms with E-state index in [9.17, 15) is 22.4 Å². The van der Waals surface area contributed by atoms with Gasteiger partial charge in [0.25, 0.3) is 5.91 Å². The highest BCUT2D eigenvalue weighted by molar-refractivity contribution is 6.39. The number of hydrogen-bond donors (Lipinski definition) is 1. The Hall–Kier alpha value is -2.14. The highest BCUT2D eigenvalue weighted by atomic mass is 35.5. The Bertz CT molecular complexity index is 813. The van der Waals surface area contributed by atoms with Crippen LogP contribution in [0, 0.1) is 5.82 Å². The van der Waals surface area contributed by atoms with Crippen LogP contribution >= 0.6 is 23.2 Å². The minimum atomic E-state index is -4.46. The summed E-state index contributed by atoms with van der Waals surface area (Å²) in [5, 5.41) is 11.8. The topological polar surface area (TPSA) is 81.9 Å². The Morgan fingerprint density at radius 2 is 2.08 bits per heavy atom. The monoisotopic (exact) mass is 415 g/mol. The fraction of sp³-hybridized carbons (Fsp3) is 0.385. The highest BCUT2D eigenvalue weighted by Crippen LogP contribution is 2.38. The van der Waals surface area contributed by atoms with Gasteiger partial charge in [0.05, 0.1) is 28.6 Å². The second-order valence-corrected chi connectivity index (χ2v) is 5.63. The molecule has 1 heterocycles. The predicted octanol–water partition coefficient (Wildman–Crippen LogP) is 3.72. The van der Waals surface area contributed by atoms with Crippen LogP contribution in [0.15, 0.2) is 6.07 Å². The van der Waals surface area contributed by atoms with Crippen molar-refractivity contribution in [3.63, 3.8) is 0 Å². The first-order valence-electron chi connectivity index (χ1n) is 7.08. The molecule has 0 radical (unpaired) electrons. The molecule has 0 aliphatic heterocycles. The number of carbonyl (C=O) groups is 1. The van der Waals surface area contributed by atoms with E-state index < -0.39 is 47.3 Å². The summed E-state index contributed by atoms with van der Waals surface area (Å²) in [5.41, 5.74) is -0.663. The van der Waals surface area contributed by atoms with Crippen molar-refractivity contribution < 1.29 is 27.1 Å². The maximum absolute atomic E-state index is 14.1. The molecule has 1 aromatic heterocycles. The quantitative estimate of drug-likeness (QED) is 0.726. The first kappa shape index (κ1) is 20.2. The Kier molecular flexibility index (Phi) is 6.24. The van der Waals surface area contributed by atoms with E-state index in [1.54, 1.807) is 6.92 Å². The van der Waals surface area contributed by atoms with Gasteiger partial charge in [-0.3, -0.25) is 10.1 Å². The Morgan fingerprint density at radius 3 is 2.69 bits per heavy atom. The van der Waals surface area contributed by atoms with Gasteiger partial charge in [0.2, 0.25) is 5.95 Å². The van der Waals surface area contributed by atoms with Gasteiger partial charge in [-0.05, 0) is 23.4 Å². The van der Waals surface area contributed by atoms with Crippen LogP contribution < -0.4 is 10.1 Å². The van der Waals surface area contributed by atoms with Gasteiger partial charge in [0, 0.05) is 6.54 Å². The van der Waals surface area contributed by atoms with Crippen LogP contribution in [0.3, 0.4) is 0 Å². The number of carbonyl (C=O) groups excluding carboxylic acids is 1. The number of ether oxygens (including phenoxy) is 1. The molecule has 0 saturated heterocycles. The standard InChI is InChI=1S/C13H11Cl2F4N5O2/c1-2-24-12(21-22-23-24)20-11(25)8-7(16)5-6(14)10(9(8)15)26-4-3-13(17,18)19/h5H,2-4H2,1H3,(H,20,21,23,25). The van der Waals surface area contributed by atoms with Crippen LogP contribution in [-0.4, -0.2) is 38.9 Å². The number of amides is 1. The summed E-state index contributed by atoms with van der Waals surface area (Å²) in [7, 11) is 0. The van der Waals surface area contributed by atoms with E-state index in [-0.39, 0.29) is 11.0 Å². The van der Waals surface area contributed by atoms with Gasteiger partial charge in [-0.1, -0.05) is 28.3 Å². The molecule has 1 N–H and O–H groups in total. The van der Waals surface area contributed by atoms with Crippen molar-refractivity contribution in [3.05, 3.63) is 27.5 Å². The summed E-state index contributed by atoms with van der Waals surface area (Å²) < 4.78 is 56.9. The van der Waals surface area contributed by atoms with Crippen molar-refractivity contribution in [1.82, 2.24) is 20.2 Å². The molecule has 0 spiro atoms. The summed E-state index contributed by atoms with van der Waals surface area (Å²) in [6, 6.07) is 0.716. The molecule has 7 nitrogen and oxygen atoms in total. The lowest BCUT2D eigenvalue weighted by Gasteiger charge is -2.14. The van der Waals surface area contributed by atoms with Crippen molar-refractivity contribution in [1.29, 1.82) is 0 Å². The fourth-order valence-corrected chi connectivity index (χ4v) is 2.48. The summed E-state index contributed by atoms with van der Waals surface area (Å²) >= 11 is 11.7. The molecule has 2 aromatic rings. The zero-order chi connectivity index (χ0) is 19.5. The van der Waals surface area contributed by atoms with Crippen LogP contribution in [0.1, 0.15) is 23.7 Å². The van der Waals surface area contributed by atoms with Gasteiger partial charge in [0.15, 0.2) is 5.75 Å². The number of benzene rings is 1. The van der Waals surface area contributed by atoms with Crippen molar-refractivity contribution in [2.75, 3.05) is 11.9 Å². The molecule has 2 rings (SSSR count). The lowest BCUT2D eigenvalue weighted by atomic mass is 10.2. The van der Waals surface area contributed by atoms with Crippen LogP contribution in [0.5, 0.6) is 5.75 Å². The maximum atomic E-state index is 14.1. The van der Waals surface area contributed by atoms with Crippen LogP contribution in [0.2, 0.25) is 10.0 Å². The minimum absolute atomic E-state index is 0.0672. The SMILES string of the molecule is CCn1nnnc1NC(=O)c1c(F)cc(Cl)c(OCCC(F)(F)F)c1Cl. The predicted molar refractivity (Wildman–Crippen MR) is 84.0 cm³/mol. The number of tetrazole rings is 1. The van der Waals surface area contributed by atoms with E-state index in [1.807, 2.05) is 0 Å². The Labute approximate surface area is 154 Å². The van der Waals surface area contributed by atoms with Gasteiger partial charge in [-0.2, -0.15) is 13.2 Å². The first-order valence-corrected chi connectivity index (χ1v) is 7.84. The lowest BCUT2D eigenvalue weighted by molar-refractivity contribution is -0.139. The third-order valence-corrected chi connectivity index (χ3v) is 3.69. The van der Waals surface area contributed by atoms with Gasteiger partial charge in [-0.15, -0.1) is 0 Å². The molecule has 0 unspecified atom stereocenters. The van der Waals surface area contributed by atoms with Crippen molar-refractivity contribution in [2.45, 2.75) is 26.1 Å². The third-order valence-electron chi connectivity index (χ3n) is 3.04. The minimum Gasteiger partial charge on any atom is -0.490 e. The molecule has 26 heavy (non-hydrogen) atoms. The number of aromatic nitrogens is 4. The molecule has 142 valence electrons. The largest absolute Gasteiger partial charge is 0.490 e. The number of halogens is 6. The molecule has 0 aliphatic rings. The van der Waals surface area contributed by atoms with Crippen molar-refractivity contribution in [2.24, 2.45) is 0 Å². The number of hydrogen-bond acceptors (Lipinski definition) is 5. The summed E-state index contributed by atoms with van der Waals surface area (Å²) in [5.74, 6) is -2.60. The number of nitrogens with zero attached hydrogens (tertiary/aromatic N) is 4. The summed E-state index contributed by atoms with van der Waals surface area (Å²) in [6.07, 6.45) is -5.74. The second-order valence-electron chi connectivity index (χ2n) is 4.84. The second kappa shape index (κ2) is 8.04. The number of aryl methyl sites for hydroxylation is 1. The van der Waals surface area contributed by atoms with E-state index >= 15 is 0 Å². The van der Waals surface area contributed by atoms with E-state index in [4.69, 9.17) is 27.9 Å². The molecular weight excluding hydrogens is 405 g/mol. The van der Waals surface area contributed by atoms with Gasteiger partial charge in [0.1, 0.15) is 5.82 Å². The Balaban J connectivity index is 2.27. The molecule has 0 bridgehead atoms. The molecule has 0 atom stereocenters. The van der Waals surface area contributed by atoms with Crippen molar-refractivity contribution in [3.8, 4) is 5.75 Å². The van der Waals surface area contributed by atoms with E-state index in [0.717, 1.165) is 0 Å². The average molecular weight is 416 g/mol. The van der Waals surface area contributed by atoms with E-state index in [2.05, 4.69) is 20.8 Å². The normalized spacial score (nSPS) is 11.5. The summed E-state index contributed by atoms with van der Waals surface area (Å²) in [4.78, 5) is 12.3. The highest BCUT2D eigenvalue weighted by Gasteiger charge is 2.28. The van der Waals surface area contributed by atoms with Crippen molar-refractivity contribution >= 4 is 35.1 Å². The zero-order valence-electron chi connectivity index (χ0n) is 13.1. The van der Waals surface area contributed by atoms with Gasteiger partial charge < -0.3 is 4.74 Å². The fourth-order valence-electron chi connectivity index (χ4n) is 1.85. The maximum Gasteiger partial charge on any atom is 0.392 e. The Morgan fingerprint density at radius 1 is 1.38 bits per heavy atom. The van der Waals surface area contributed by atoms with E-state index in [0.29, 0.717) is 12.6 Å². The molecular formula is C13H11Cl2F4N5O2. The summed E-state index contributed by atoms with van der Waals surface area (Å²) in [6.45, 7) is 1.23.